The summed E-state index contributed by atoms with van der Waals surface area (Å²) < 4.78 is 18.2. The van der Waals surface area contributed by atoms with E-state index in [2.05, 4.69) is 5.32 Å². The molecule has 6 nitrogen and oxygen atoms in total. The number of anilines is 1. The Labute approximate surface area is 180 Å². The SMILES string of the molecule is CCN1C(=O)[C@@H](CC(=O)Nc2ccc(OC)cc2)N(CCc2ccc(F)cc2)C1=S. The number of ether oxygens (including phenoxy) is 1. The highest BCUT2D eigenvalue weighted by Crippen LogP contribution is 2.22. The molecule has 1 aliphatic rings. The molecule has 3 rings (SSSR count). The van der Waals surface area contributed by atoms with Crippen LogP contribution in [-0.2, 0) is 16.0 Å². The van der Waals surface area contributed by atoms with Gasteiger partial charge in [-0.1, -0.05) is 12.1 Å². The molecule has 8 heteroatoms. The number of thiocarbonyl (C=S) groups is 1. The van der Waals surface area contributed by atoms with Gasteiger partial charge in [-0.25, -0.2) is 4.39 Å². The fourth-order valence-corrected chi connectivity index (χ4v) is 3.84. The van der Waals surface area contributed by atoms with Crippen molar-refractivity contribution in [2.24, 2.45) is 0 Å². The lowest BCUT2D eigenvalue weighted by Gasteiger charge is -2.23. The zero-order valence-electron chi connectivity index (χ0n) is 16.9. The number of hydrogen-bond acceptors (Lipinski definition) is 4. The number of carbonyl (C=O) groups excluding carboxylic acids is 2. The van der Waals surface area contributed by atoms with Crippen molar-refractivity contribution in [3.63, 3.8) is 0 Å². The fraction of sp³-hybridized carbons (Fsp3) is 0.318. The van der Waals surface area contributed by atoms with Crippen LogP contribution in [0.4, 0.5) is 10.1 Å². The van der Waals surface area contributed by atoms with Crippen LogP contribution in [0.3, 0.4) is 0 Å². The van der Waals surface area contributed by atoms with E-state index in [-0.39, 0.29) is 24.1 Å². The smallest absolute Gasteiger partial charge is 0.252 e. The maximum Gasteiger partial charge on any atom is 0.252 e. The first kappa shape index (κ1) is 21.7. The van der Waals surface area contributed by atoms with Crippen molar-refractivity contribution in [3.8, 4) is 5.75 Å². The molecule has 2 aromatic rings. The lowest BCUT2D eigenvalue weighted by atomic mass is 10.1. The summed E-state index contributed by atoms with van der Waals surface area (Å²) in [6.07, 6.45) is 0.576. The van der Waals surface area contributed by atoms with Gasteiger partial charge in [0.25, 0.3) is 5.91 Å². The Bertz CT molecular complexity index is 918. The van der Waals surface area contributed by atoms with E-state index in [1.54, 1.807) is 48.4 Å². The van der Waals surface area contributed by atoms with Crippen LogP contribution in [0.5, 0.6) is 5.75 Å². The van der Waals surface area contributed by atoms with E-state index in [4.69, 9.17) is 17.0 Å². The first-order valence-corrected chi connectivity index (χ1v) is 10.1. The van der Waals surface area contributed by atoms with Gasteiger partial charge < -0.3 is 15.0 Å². The second kappa shape index (κ2) is 9.67. The molecule has 1 saturated heterocycles. The van der Waals surface area contributed by atoms with E-state index >= 15 is 0 Å². The minimum Gasteiger partial charge on any atom is -0.497 e. The molecule has 30 heavy (non-hydrogen) atoms. The molecule has 2 amide bonds. The number of halogens is 1. The van der Waals surface area contributed by atoms with Crippen LogP contribution >= 0.6 is 12.2 Å². The van der Waals surface area contributed by atoms with Crippen molar-refractivity contribution >= 4 is 34.8 Å². The largest absolute Gasteiger partial charge is 0.497 e. The number of likely N-dealkylation sites (N-methyl/N-ethyl adjacent to an activating group) is 1. The quantitative estimate of drug-likeness (QED) is 0.653. The van der Waals surface area contributed by atoms with Gasteiger partial charge in [-0.15, -0.1) is 0 Å². The van der Waals surface area contributed by atoms with Crippen LogP contribution in [0.15, 0.2) is 48.5 Å². The van der Waals surface area contributed by atoms with Gasteiger partial charge in [-0.05, 0) is 67.5 Å². The van der Waals surface area contributed by atoms with E-state index < -0.39 is 6.04 Å². The topological polar surface area (TPSA) is 61.9 Å². The number of rotatable bonds is 8. The first-order valence-electron chi connectivity index (χ1n) is 9.73. The van der Waals surface area contributed by atoms with Gasteiger partial charge in [-0.3, -0.25) is 14.5 Å². The number of hydrogen-bond donors (Lipinski definition) is 1. The van der Waals surface area contributed by atoms with Gasteiger partial charge in [0.2, 0.25) is 5.91 Å². The predicted molar refractivity (Wildman–Crippen MR) is 117 cm³/mol. The molecule has 0 bridgehead atoms. The minimum atomic E-state index is -0.656. The summed E-state index contributed by atoms with van der Waals surface area (Å²) in [6.45, 7) is 2.76. The molecule has 1 aliphatic heterocycles. The van der Waals surface area contributed by atoms with Crippen molar-refractivity contribution in [1.82, 2.24) is 9.80 Å². The van der Waals surface area contributed by atoms with Crippen LogP contribution in [0.25, 0.3) is 0 Å². The van der Waals surface area contributed by atoms with Gasteiger partial charge in [0.05, 0.1) is 13.5 Å². The molecule has 0 saturated carbocycles. The molecule has 0 aliphatic carbocycles. The summed E-state index contributed by atoms with van der Waals surface area (Å²) in [4.78, 5) is 28.7. The average Bonchev–Trinajstić information content (AvgIpc) is 2.96. The highest BCUT2D eigenvalue weighted by Gasteiger charge is 2.42. The Balaban J connectivity index is 1.68. The van der Waals surface area contributed by atoms with Gasteiger partial charge in [0, 0.05) is 18.8 Å². The van der Waals surface area contributed by atoms with Crippen LogP contribution in [0, 0.1) is 5.82 Å². The molecule has 0 aromatic heterocycles. The summed E-state index contributed by atoms with van der Waals surface area (Å²) in [5.74, 6) is -0.0525. The monoisotopic (exact) mass is 429 g/mol. The molecule has 0 spiro atoms. The third kappa shape index (κ3) is 4.94. The Morgan fingerprint density at radius 1 is 1.17 bits per heavy atom. The molecule has 1 heterocycles. The molecule has 1 N–H and O–H groups in total. The molecular weight excluding hydrogens is 405 g/mol. The minimum absolute atomic E-state index is 0.00901. The molecule has 0 unspecified atom stereocenters. The summed E-state index contributed by atoms with van der Waals surface area (Å²) in [6, 6.07) is 12.5. The van der Waals surface area contributed by atoms with Gasteiger partial charge in [0.1, 0.15) is 17.6 Å². The molecule has 0 radical (unpaired) electrons. The average molecular weight is 430 g/mol. The van der Waals surface area contributed by atoms with Crippen LogP contribution in [0.2, 0.25) is 0 Å². The highest BCUT2D eigenvalue weighted by atomic mass is 32.1. The van der Waals surface area contributed by atoms with E-state index in [9.17, 15) is 14.0 Å². The first-order chi connectivity index (χ1) is 14.4. The number of amides is 2. The third-order valence-corrected chi connectivity index (χ3v) is 5.48. The molecular formula is C22H24FN3O3S. The summed E-state index contributed by atoms with van der Waals surface area (Å²) >= 11 is 5.49. The zero-order chi connectivity index (χ0) is 21.7. The van der Waals surface area contributed by atoms with E-state index in [0.29, 0.717) is 36.1 Å². The maximum absolute atomic E-state index is 13.1. The predicted octanol–water partition coefficient (Wildman–Crippen LogP) is 3.22. The number of nitrogens with one attached hydrogen (secondary N) is 1. The molecule has 1 fully saturated rings. The van der Waals surface area contributed by atoms with Crippen molar-refractivity contribution in [3.05, 3.63) is 59.9 Å². The lowest BCUT2D eigenvalue weighted by Crippen LogP contribution is -2.39. The van der Waals surface area contributed by atoms with E-state index in [1.807, 2.05) is 6.92 Å². The standard InChI is InChI=1S/C22H24FN3O3S/c1-3-25-21(28)19(14-20(27)24-17-8-10-18(29-2)11-9-17)26(22(25)30)13-12-15-4-6-16(23)7-5-15/h4-11,19H,3,12-14H2,1-2H3,(H,24,27)/t19-/m1/s1. The van der Waals surface area contributed by atoms with Gasteiger partial charge in [0.15, 0.2) is 5.11 Å². The highest BCUT2D eigenvalue weighted by molar-refractivity contribution is 7.80. The summed E-state index contributed by atoms with van der Waals surface area (Å²) in [5.41, 5.74) is 1.56. The van der Waals surface area contributed by atoms with Crippen LogP contribution in [0.1, 0.15) is 18.9 Å². The number of carbonyl (C=O) groups is 2. The Hall–Kier alpha value is -3.00. The second-order valence-electron chi connectivity index (χ2n) is 6.93. The van der Waals surface area contributed by atoms with E-state index in [0.717, 1.165) is 5.56 Å². The van der Waals surface area contributed by atoms with E-state index in [1.165, 1.54) is 17.0 Å². The summed E-state index contributed by atoms with van der Waals surface area (Å²) in [7, 11) is 1.57. The number of nitrogens with zero attached hydrogens (tertiary/aromatic N) is 2. The maximum atomic E-state index is 13.1. The summed E-state index contributed by atoms with van der Waals surface area (Å²) in [5, 5.41) is 3.24. The fourth-order valence-electron chi connectivity index (χ4n) is 3.40. The number of benzene rings is 2. The van der Waals surface area contributed by atoms with Crippen molar-refractivity contribution in [1.29, 1.82) is 0 Å². The Morgan fingerprint density at radius 3 is 2.43 bits per heavy atom. The Morgan fingerprint density at radius 2 is 1.83 bits per heavy atom. The van der Waals surface area contributed by atoms with Gasteiger partial charge >= 0.3 is 0 Å². The second-order valence-corrected chi connectivity index (χ2v) is 7.30. The van der Waals surface area contributed by atoms with Crippen LogP contribution in [-0.4, -0.2) is 53.0 Å². The zero-order valence-corrected chi connectivity index (χ0v) is 17.7. The molecule has 158 valence electrons. The molecule has 1 atom stereocenters. The number of methoxy groups -OCH3 is 1. The third-order valence-electron chi connectivity index (χ3n) is 5.03. The Kier molecular flexibility index (Phi) is 6.99. The normalized spacial score (nSPS) is 16.2. The van der Waals surface area contributed by atoms with Crippen molar-refractivity contribution in [2.45, 2.75) is 25.8 Å². The van der Waals surface area contributed by atoms with Gasteiger partial charge in [-0.2, -0.15) is 0 Å². The van der Waals surface area contributed by atoms with Crippen molar-refractivity contribution in [2.75, 3.05) is 25.5 Å². The molecule has 2 aromatic carbocycles. The lowest BCUT2D eigenvalue weighted by molar-refractivity contribution is -0.130. The van der Waals surface area contributed by atoms with Crippen molar-refractivity contribution < 1.29 is 18.7 Å². The van der Waals surface area contributed by atoms with Crippen LogP contribution < -0.4 is 10.1 Å².